The lowest BCUT2D eigenvalue weighted by Gasteiger charge is -2.37. The van der Waals surface area contributed by atoms with Crippen LogP contribution in [0.1, 0.15) is 24.8 Å². The van der Waals surface area contributed by atoms with Crippen LogP contribution in [-0.4, -0.2) is 93.4 Å². The molecule has 1 aliphatic carbocycles. The van der Waals surface area contributed by atoms with Gasteiger partial charge in [0.15, 0.2) is 0 Å². The largest absolute Gasteiger partial charge is 0.368 e. The first-order valence-electron chi connectivity index (χ1n) is 11.7. The normalized spacial score (nSPS) is 25.9. The van der Waals surface area contributed by atoms with E-state index in [1.807, 2.05) is 11.1 Å². The van der Waals surface area contributed by atoms with Crippen molar-refractivity contribution in [3.8, 4) is 0 Å². The van der Waals surface area contributed by atoms with Gasteiger partial charge in [-0.05, 0) is 49.3 Å². The van der Waals surface area contributed by atoms with E-state index in [-0.39, 0.29) is 24.0 Å². The number of aliphatic imine (C=N–C) groups is 1. The van der Waals surface area contributed by atoms with Gasteiger partial charge in [-0.2, -0.15) is 0 Å². The van der Waals surface area contributed by atoms with Gasteiger partial charge in [0.25, 0.3) is 0 Å². The van der Waals surface area contributed by atoms with E-state index >= 15 is 0 Å². The molecule has 32 heavy (non-hydrogen) atoms. The Morgan fingerprint density at radius 2 is 1.91 bits per heavy atom. The Morgan fingerprint density at radius 3 is 2.47 bits per heavy atom. The van der Waals surface area contributed by atoms with Crippen LogP contribution < -0.4 is 15.5 Å². The molecule has 3 amide bonds. The van der Waals surface area contributed by atoms with Crippen LogP contribution in [0.4, 0.5) is 10.5 Å². The van der Waals surface area contributed by atoms with Crippen LogP contribution in [0, 0.1) is 5.92 Å². The number of carbonyl (C=O) groups excluding carboxylic acids is 2. The smallest absolute Gasteiger partial charge is 0.319 e. The maximum atomic E-state index is 12.8. The van der Waals surface area contributed by atoms with Crippen molar-refractivity contribution in [2.45, 2.75) is 43.8 Å². The number of hydrogen-bond acceptors (Lipinski definition) is 5. The average molecular weight is 441 g/mol. The van der Waals surface area contributed by atoms with Crippen LogP contribution in [0.2, 0.25) is 0 Å². The predicted octanol–water partition coefficient (Wildman–Crippen LogP) is 1.36. The molecular weight excluding hydrogens is 404 g/mol. The number of benzene rings is 1. The summed E-state index contributed by atoms with van der Waals surface area (Å²) >= 11 is 0. The highest BCUT2D eigenvalue weighted by Crippen LogP contribution is 2.35. The minimum Gasteiger partial charge on any atom is -0.368 e. The fourth-order valence-electron chi connectivity index (χ4n) is 5.28. The van der Waals surface area contributed by atoms with Crippen molar-refractivity contribution in [3.63, 3.8) is 0 Å². The van der Waals surface area contributed by atoms with Gasteiger partial charge < -0.3 is 25.3 Å². The van der Waals surface area contributed by atoms with Crippen LogP contribution in [0.25, 0.3) is 0 Å². The van der Waals surface area contributed by atoms with Crippen molar-refractivity contribution < 1.29 is 9.59 Å². The van der Waals surface area contributed by atoms with Gasteiger partial charge in [-0.3, -0.25) is 9.79 Å². The Hall–Kier alpha value is -2.61. The van der Waals surface area contributed by atoms with Crippen molar-refractivity contribution in [2.75, 3.05) is 52.2 Å². The average Bonchev–Trinajstić information content (AvgIpc) is 3.43. The Morgan fingerprint density at radius 1 is 1.19 bits per heavy atom. The van der Waals surface area contributed by atoms with Gasteiger partial charge in [0, 0.05) is 65.3 Å². The van der Waals surface area contributed by atoms with Gasteiger partial charge in [0.05, 0.1) is 12.1 Å². The molecule has 174 valence electrons. The molecule has 3 fully saturated rings. The number of amides is 3. The van der Waals surface area contributed by atoms with Gasteiger partial charge in [0.1, 0.15) is 0 Å². The van der Waals surface area contributed by atoms with Gasteiger partial charge in [0.2, 0.25) is 5.91 Å². The summed E-state index contributed by atoms with van der Waals surface area (Å²) in [5, 5.41) is 6.67. The summed E-state index contributed by atoms with van der Waals surface area (Å²) in [5.41, 5.74) is 2.34. The molecular formula is C24H36N6O2. The van der Waals surface area contributed by atoms with Crippen LogP contribution in [-0.2, 0) is 11.2 Å². The van der Waals surface area contributed by atoms with Crippen LogP contribution in [0.15, 0.2) is 29.3 Å². The van der Waals surface area contributed by atoms with Crippen LogP contribution in [0.3, 0.4) is 0 Å². The van der Waals surface area contributed by atoms with E-state index in [9.17, 15) is 9.59 Å². The highest BCUT2D eigenvalue weighted by molar-refractivity contribution is 5.86. The molecule has 2 heterocycles. The van der Waals surface area contributed by atoms with E-state index in [2.05, 4.69) is 44.8 Å². The summed E-state index contributed by atoms with van der Waals surface area (Å²) in [6.07, 6.45) is 6.03. The molecule has 8 nitrogen and oxygen atoms in total. The lowest BCUT2D eigenvalue weighted by Crippen LogP contribution is -2.51. The van der Waals surface area contributed by atoms with E-state index in [0.29, 0.717) is 12.0 Å². The fourth-order valence-corrected chi connectivity index (χ4v) is 5.28. The number of urea groups is 1. The molecule has 2 aliphatic heterocycles. The zero-order valence-corrected chi connectivity index (χ0v) is 19.5. The van der Waals surface area contributed by atoms with E-state index in [0.717, 1.165) is 45.4 Å². The number of piperidine rings is 1. The Kier molecular flexibility index (Phi) is 6.98. The third-order valence-corrected chi connectivity index (χ3v) is 6.99. The summed E-state index contributed by atoms with van der Waals surface area (Å²) < 4.78 is 0. The third kappa shape index (κ3) is 5.06. The maximum Gasteiger partial charge on any atom is 0.319 e. The summed E-state index contributed by atoms with van der Waals surface area (Å²) in [4.78, 5) is 35.0. The SMILES string of the molecule is CN=C[C@H](Cc1ccc(N2CCN(C(=O)N(C)C)CC2)cc1)NC(=O)[C@H]1N[C@@H]2CC[C@H]1C2. The molecule has 0 aromatic heterocycles. The number of fused-ring (bicyclic) bond motifs is 2. The second-order valence-corrected chi connectivity index (χ2v) is 9.46. The second kappa shape index (κ2) is 9.90. The lowest BCUT2D eigenvalue weighted by molar-refractivity contribution is -0.124. The van der Waals surface area contributed by atoms with Crippen LogP contribution in [0.5, 0.6) is 0 Å². The Balaban J connectivity index is 1.31. The number of piperazine rings is 1. The summed E-state index contributed by atoms with van der Waals surface area (Å²) in [6, 6.07) is 8.96. The van der Waals surface area contributed by atoms with E-state index in [1.54, 1.807) is 26.0 Å². The second-order valence-electron chi connectivity index (χ2n) is 9.46. The van der Waals surface area contributed by atoms with Crippen molar-refractivity contribution in [3.05, 3.63) is 29.8 Å². The van der Waals surface area contributed by atoms with E-state index in [1.165, 1.54) is 17.7 Å². The van der Waals surface area contributed by atoms with Gasteiger partial charge in [-0.25, -0.2) is 4.79 Å². The zero-order valence-electron chi connectivity index (χ0n) is 19.5. The molecule has 8 heteroatoms. The van der Waals surface area contributed by atoms with Crippen molar-refractivity contribution in [1.29, 1.82) is 0 Å². The number of nitrogens with zero attached hydrogens (tertiary/aromatic N) is 4. The monoisotopic (exact) mass is 440 g/mol. The molecule has 4 atom stereocenters. The van der Waals surface area contributed by atoms with Gasteiger partial charge in [-0.1, -0.05) is 12.1 Å². The molecule has 1 saturated carbocycles. The van der Waals surface area contributed by atoms with Crippen molar-refractivity contribution in [2.24, 2.45) is 10.9 Å². The summed E-state index contributed by atoms with van der Waals surface area (Å²) in [6.45, 7) is 3.13. The minimum absolute atomic E-state index is 0.0538. The quantitative estimate of drug-likeness (QED) is 0.655. The van der Waals surface area contributed by atoms with Gasteiger partial charge >= 0.3 is 6.03 Å². The third-order valence-electron chi connectivity index (χ3n) is 6.99. The molecule has 0 radical (unpaired) electrons. The Bertz CT molecular complexity index is 831. The molecule has 1 aromatic carbocycles. The first-order chi connectivity index (χ1) is 15.4. The van der Waals surface area contributed by atoms with E-state index < -0.39 is 0 Å². The predicted molar refractivity (Wildman–Crippen MR) is 127 cm³/mol. The van der Waals surface area contributed by atoms with Crippen molar-refractivity contribution >= 4 is 23.8 Å². The zero-order chi connectivity index (χ0) is 22.7. The first-order valence-corrected chi connectivity index (χ1v) is 11.7. The lowest BCUT2D eigenvalue weighted by atomic mass is 9.98. The minimum atomic E-state index is -0.111. The van der Waals surface area contributed by atoms with Gasteiger partial charge in [-0.15, -0.1) is 0 Å². The topological polar surface area (TPSA) is 80.3 Å². The molecule has 0 spiro atoms. The number of nitrogens with one attached hydrogen (secondary N) is 2. The molecule has 2 N–H and O–H groups in total. The standard InChI is InChI=1S/C24H36N6O2/c1-25-16-20(27-23(31)22-18-6-7-19(15-18)26-22)14-17-4-8-21(9-5-17)29-10-12-30(13-11-29)24(32)28(2)3/h4-5,8-9,16,18-20,22,26H,6-7,10-15H2,1-3H3,(H,27,31)/t18-,19+,20-,22-/m0/s1. The molecule has 2 saturated heterocycles. The molecule has 4 rings (SSSR count). The number of carbonyl (C=O) groups is 2. The molecule has 2 bridgehead atoms. The summed E-state index contributed by atoms with van der Waals surface area (Å²) in [5.74, 6) is 0.579. The Labute approximate surface area is 191 Å². The molecule has 1 aromatic rings. The summed E-state index contributed by atoms with van der Waals surface area (Å²) in [7, 11) is 5.33. The fraction of sp³-hybridized carbons (Fsp3) is 0.625. The van der Waals surface area contributed by atoms with Crippen molar-refractivity contribution in [1.82, 2.24) is 20.4 Å². The van der Waals surface area contributed by atoms with Crippen LogP contribution >= 0.6 is 0 Å². The molecule has 3 aliphatic rings. The molecule has 0 unspecified atom stereocenters. The highest BCUT2D eigenvalue weighted by atomic mass is 16.2. The van der Waals surface area contributed by atoms with E-state index in [4.69, 9.17) is 0 Å². The highest BCUT2D eigenvalue weighted by Gasteiger charge is 2.42. The first kappa shape index (κ1) is 22.6. The number of rotatable bonds is 6. The number of anilines is 1. The maximum absolute atomic E-state index is 12.8. The number of hydrogen-bond donors (Lipinski definition) is 2.